The molecule has 0 unspecified atom stereocenters. The van der Waals surface area contributed by atoms with Gasteiger partial charge >= 0.3 is 0 Å². The van der Waals surface area contributed by atoms with E-state index in [1.165, 1.54) is 6.21 Å². The van der Waals surface area contributed by atoms with Gasteiger partial charge in [-0.3, -0.25) is 4.79 Å². The molecule has 0 fully saturated rings. The van der Waals surface area contributed by atoms with Gasteiger partial charge in [0, 0.05) is 18.7 Å². The molecule has 1 aromatic carbocycles. The third kappa shape index (κ3) is 4.73. The number of halogens is 2. The van der Waals surface area contributed by atoms with Crippen molar-refractivity contribution in [2.45, 2.75) is 13.8 Å². The lowest BCUT2D eigenvalue weighted by molar-refractivity contribution is -0.135. The summed E-state index contributed by atoms with van der Waals surface area (Å²) in [4.78, 5) is 18.2. The van der Waals surface area contributed by atoms with Crippen molar-refractivity contribution >= 4 is 35.3 Å². The molecule has 0 bridgehead atoms. The Labute approximate surface area is 122 Å². The summed E-state index contributed by atoms with van der Waals surface area (Å²) in [5, 5.41) is 4.68. The fraction of sp³-hybridized carbons (Fsp3) is 0.385. The van der Waals surface area contributed by atoms with Gasteiger partial charge in [0.15, 0.2) is 6.61 Å². The van der Waals surface area contributed by atoms with E-state index in [0.29, 0.717) is 28.7 Å². The number of rotatable bonds is 6. The first-order valence-corrected chi connectivity index (χ1v) is 6.72. The van der Waals surface area contributed by atoms with E-state index in [-0.39, 0.29) is 12.5 Å². The minimum Gasteiger partial charge on any atom is -0.386 e. The van der Waals surface area contributed by atoms with Gasteiger partial charge in [-0.2, -0.15) is 0 Å². The quantitative estimate of drug-likeness (QED) is 0.598. The monoisotopic (exact) mass is 302 g/mol. The van der Waals surface area contributed by atoms with Crippen LogP contribution in [0, 0.1) is 0 Å². The number of hydrogen-bond acceptors (Lipinski definition) is 3. The van der Waals surface area contributed by atoms with Crippen molar-refractivity contribution in [2.24, 2.45) is 5.16 Å². The molecule has 1 aromatic rings. The van der Waals surface area contributed by atoms with Crippen molar-refractivity contribution in [3.63, 3.8) is 0 Å². The Balaban J connectivity index is 2.53. The maximum absolute atomic E-state index is 11.6. The predicted octanol–water partition coefficient (Wildman–Crippen LogP) is 3.21. The molecule has 0 saturated heterocycles. The van der Waals surface area contributed by atoms with Gasteiger partial charge in [-0.15, -0.1) is 0 Å². The summed E-state index contributed by atoms with van der Waals surface area (Å²) >= 11 is 11.9. The van der Waals surface area contributed by atoms with E-state index in [1.807, 2.05) is 13.8 Å². The van der Waals surface area contributed by atoms with Crippen molar-refractivity contribution in [2.75, 3.05) is 19.7 Å². The molecule has 1 amide bonds. The molecule has 0 aliphatic rings. The van der Waals surface area contributed by atoms with E-state index in [1.54, 1.807) is 23.1 Å². The molecule has 0 saturated carbocycles. The predicted molar refractivity (Wildman–Crippen MR) is 77.9 cm³/mol. The Morgan fingerprint density at radius 3 is 2.42 bits per heavy atom. The molecule has 1 rings (SSSR count). The minimum atomic E-state index is -0.104. The Bertz CT molecular complexity index is 440. The number of carbonyl (C=O) groups is 1. The molecule has 0 spiro atoms. The third-order valence-electron chi connectivity index (χ3n) is 2.56. The van der Waals surface area contributed by atoms with Crippen LogP contribution in [0.5, 0.6) is 0 Å². The molecule has 19 heavy (non-hydrogen) atoms. The van der Waals surface area contributed by atoms with Crippen molar-refractivity contribution in [3.05, 3.63) is 33.8 Å². The van der Waals surface area contributed by atoms with Crippen LogP contribution in [-0.2, 0) is 9.63 Å². The number of nitrogens with zero attached hydrogens (tertiary/aromatic N) is 2. The number of oxime groups is 1. The molecule has 0 aromatic heterocycles. The summed E-state index contributed by atoms with van der Waals surface area (Å²) in [5.74, 6) is -0.104. The number of amides is 1. The molecule has 0 atom stereocenters. The summed E-state index contributed by atoms with van der Waals surface area (Å²) < 4.78 is 0. The van der Waals surface area contributed by atoms with E-state index >= 15 is 0 Å². The first-order valence-electron chi connectivity index (χ1n) is 5.97. The first-order chi connectivity index (χ1) is 9.10. The van der Waals surface area contributed by atoms with Crippen molar-refractivity contribution < 1.29 is 9.63 Å². The lowest BCUT2D eigenvalue weighted by Crippen LogP contribution is -2.33. The van der Waals surface area contributed by atoms with E-state index in [0.717, 1.165) is 0 Å². The van der Waals surface area contributed by atoms with Crippen LogP contribution >= 0.6 is 23.2 Å². The maximum atomic E-state index is 11.6. The highest BCUT2D eigenvalue weighted by Gasteiger charge is 2.09. The van der Waals surface area contributed by atoms with Crippen LogP contribution in [-0.4, -0.2) is 36.7 Å². The Morgan fingerprint density at radius 2 is 1.89 bits per heavy atom. The van der Waals surface area contributed by atoms with Gasteiger partial charge in [-0.1, -0.05) is 34.4 Å². The topological polar surface area (TPSA) is 41.9 Å². The van der Waals surface area contributed by atoms with Crippen molar-refractivity contribution in [1.29, 1.82) is 0 Å². The molecule has 4 nitrogen and oxygen atoms in total. The summed E-state index contributed by atoms with van der Waals surface area (Å²) in [6, 6.07) is 5.15. The van der Waals surface area contributed by atoms with E-state index < -0.39 is 0 Å². The second-order valence-corrected chi connectivity index (χ2v) is 4.52. The van der Waals surface area contributed by atoms with Crippen LogP contribution in [0.15, 0.2) is 23.4 Å². The average molecular weight is 303 g/mol. The van der Waals surface area contributed by atoms with Crippen LogP contribution < -0.4 is 0 Å². The van der Waals surface area contributed by atoms with Gasteiger partial charge in [0.1, 0.15) is 0 Å². The van der Waals surface area contributed by atoms with Crippen molar-refractivity contribution in [3.8, 4) is 0 Å². The average Bonchev–Trinajstić information content (AvgIpc) is 2.38. The highest BCUT2D eigenvalue weighted by atomic mass is 35.5. The lowest BCUT2D eigenvalue weighted by Gasteiger charge is -2.17. The summed E-state index contributed by atoms with van der Waals surface area (Å²) in [6.07, 6.45) is 1.40. The zero-order chi connectivity index (χ0) is 14.3. The van der Waals surface area contributed by atoms with Gasteiger partial charge in [-0.25, -0.2) is 0 Å². The minimum absolute atomic E-state index is 0.0970. The van der Waals surface area contributed by atoms with Gasteiger partial charge < -0.3 is 9.74 Å². The molecule has 0 aliphatic heterocycles. The Kier molecular flexibility index (Phi) is 6.67. The molecule has 0 heterocycles. The molecule has 6 heteroatoms. The second-order valence-electron chi connectivity index (χ2n) is 3.71. The molecule has 0 N–H and O–H groups in total. The normalized spacial score (nSPS) is 10.7. The second kappa shape index (κ2) is 8.02. The van der Waals surface area contributed by atoms with Crippen LogP contribution in [0.2, 0.25) is 10.0 Å². The Morgan fingerprint density at radius 1 is 1.32 bits per heavy atom. The van der Waals surface area contributed by atoms with Crippen LogP contribution in [0.3, 0.4) is 0 Å². The standard InChI is InChI=1S/C13H16Cl2N2O2/c1-3-17(4-2)13(18)9-19-16-8-10-11(14)6-5-7-12(10)15/h5-8H,3-4,9H2,1-2H3/b16-8+. The van der Waals surface area contributed by atoms with E-state index in [9.17, 15) is 4.79 Å². The Hall–Kier alpha value is -1.26. The van der Waals surface area contributed by atoms with Crippen LogP contribution in [0.25, 0.3) is 0 Å². The van der Waals surface area contributed by atoms with Gasteiger partial charge in [-0.05, 0) is 26.0 Å². The first kappa shape index (κ1) is 15.8. The fourth-order valence-corrected chi connectivity index (χ4v) is 1.98. The summed E-state index contributed by atoms with van der Waals surface area (Å²) in [7, 11) is 0. The zero-order valence-corrected chi connectivity index (χ0v) is 12.4. The molecule has 0 radical (unpaired) electrons. The largest absolute Gasteiger partial charge is 0.386 e. The van der Waals surface area contributed by atoms with Gasteiger partial charge in [0.2, 0.25) is 0 Å². The van der Waals surface area contributed by atoms with Crippen LogP contribution in [0.1, 0.15) is 19.4 Å². The zero-order valence-electron chi connectivity index (χ0n) is 10.9. The molecular formula is C13H16Cl2N2O2. The van der Waals surface area contributed by atoms with Gasteiger partial charge in [0.25, 0.3) is 5.91 Å². The smallest absolute Gasteiger partial charge is 0.263 e. The van der Waals surface area contributed by atoms with Gasteiger partial charge in [0.05, 0.1) is 16.3 Å². The number of likely N-dealkylation sites (N-methyl/N-ethyl adjacent to an activating group) is 1. The highest BCUT2D eigenvalue weighted by molar-refractivity contribution is 6.38. The number of benzene rings is 1. The summed E-state index contributed by atoms with van der Waals surface area (Å²) in [5.41, 5.74) is 0.570. The fourth-order valence-electron chi connectivity index (χ4n) is 1.48. The molecular weight excluding hydrogens is 287 g/mol. The van der Waals surface area contributed by atoms with Crippen molar-refractivity contribution in [1.82, 2.24) is 4.90 Å². The number of hydrogen-bond donors (Lipinski definition) is 0. The lowest BCUT2D eigenvalue weighted by atomic mass is 10.2. The van der Waals surface area contributed by atoms with Crippen LogP contribution in [0.4, 0.5) is 0 Å². The third-order valence-corrected chi connectivity index (χ3v) is 3.22. The van der Waals surface area contributed by atoms with E-state index in [2.05, 4.69) is 5.16 Å². The number of carbonyl (C=O) groups excluding carboxylic acids is 1. The van der Waals surface area contributed by atoms with E-state index in [4.69, 9.17) is 28.0 Å². The molecule has 104 valence electrons. The molecule has 0 aliphatic carbocycles. The maximum Gasteiger partial charge on any atom is 0.263 e. The SMILES string of the molecule is CCN(CC)C(=O)CO/N=C/c1c(Cl)cccc1Cl. The summed E-state index contributed by atoms with van der Waals surface area (Å²) in [6.45, 7) is 5.03. The highest BCUT2D eigenvalue weighted by Crippen LogP contribution is 2.22.